The molecule has 1 aliphatic heterocycles. The SMILES string of the molecule is CCOc1ccc(C2=C(Nc3ccccc3OC)C(=O)N(Cc3ccccc3F)C2=O)cc1. The second-order valence-corrected chi connectivity index (χ2v) is 7.32. The monoisotopic (exact) mass is 446 g/mol. The smallest absolute Gasteiger partial charge is 0.278 e. The van der Waals surface area contributed by atoms with E-state index in [0.717, 1.165) is 4.90 Å². The Morgan fingerprint density at radius 1 is 0.909 bits per heavy atom. The highest BCUT2D eigenvalue weighted by Gasteiger charge is 2.39. The molecule has 3 aromatic rings. The van der Waals surface area contributed by atoms with Crippen LogP contribution in [0.1, 0.15) is 18.1 Å². The molecule has 1 N–H and O–H groups in total. The lowest BCUT2D eigenvalue weighted by molar-refractivity contribution is -0.137. The molecule has 0 aromatic heterocycles. The average Bonchev–Trinajstić information content (AvgIpc) is 3.06. The molecule has 3 aromatic carbocycles. The minimum atomic E-state index is -0.543. The number of halogens is 1. The Hall–Kier alpha value is -4.13. The van der Waals surface area contributed by atoms with E-state index in [1.54, 1.807) is 66.7 Å². The van der Waals surface area contributed by atoms with Crippen LogP contribution in [-0.2, 0) is 16.1 Å². The summed E-state index contributed by atoms with van der Waals surface area (Å²) in [7, 11) is 1.52. The third kappa shape index (κ3) is 4.43. The van der Waals surface area contributed by atoms with E-state index in [0.29, 0.717) is 29.4 Å². The summed E-state index contributed by atoms with van der Waals surface area (Å²) in [5, 5.41) is 3.08. The first-order valence-corrected chi connectivity index (χ1v) is 10.5. The van der Waals surface area contributed by atoms with Gasteiger partial charge in [-0.2, -0.15) is 0 Å². The molecule has 1 aliphatic rings. The number of carbonyl (C=O) groups excluding carboxylic acids is 2. The number of nitrogens with zero attached hydrogens (tertiary/aromatic N) is 1. The number of hydrogen-bond acceptors (Lipinski definition) is 5. The maximum absolute atomic E-state index is 14.3. The second-order valence-electron chi connectivity index (χ2n) is 7.32. The highest BCUT2D eigenvalue weighted by atomic mass is 19.1. The van der Waals surface area contributed by atoms with E-state index < -0.39 is 17.6 Å². The lowest BCUT2D eigenvalue weighted by Crippen LogP contribution is -2.32. The predicted molar refractivity (Wildman–Crippen MR) is 123 cm³/mol. The van der Waals surface area contributed by atoms with Crippen LogP contribution in [0.25, 0.3) is 5.57 Å². The number of nitrogens with one attached hydrogen (secondary N) is 1. The molecule has 0 saturated carbocycles. The summed E-state index contributed by atoms with van der Waals surface area (Å²) in [4.78, 5) is 27.8. The summed E-state index contributed by atoms with van der Waals surface area (Å²) in [6, 6.07) is 20.1. The van der Waals surface area contributed by atoms with Crippen LogP contribution in [0.4, 0.5) is 10.1 Å². The van der Waals surface area contributed by atoms with Crippen molar-refractivity contribution in [1.82, 2.24) is 4.90 Å². The molecule has 0 fully saturated rings. The molecule has 1 heterocycles. The van der Waals surface area contributed by atoms with Crippen molar-refractivity contribution in [2.24, 2.45) is 0 Å². The lowest BCUT2D eigenvalue weighted by Gasteiger charge is -2.16. The Bertz CT molecular complexity index is 1220. The van der Waals surface area contributed by atoms with E-state index in [9.17, 15) is 14.0 Å². The quantitative estimate of drug-likeness (QED) is 0.511. The summed E-state index contributed by atoms with van der Waals surface area (Å²) in [6.45, 7) is 2.21. The van der Waals surface area contributed by atoms with Gasteiger partial charge in [0.15, 0.2) is 0 Å². The molecule has 168 valence electrons. The zero-order valence-corrected chi connectivity index (χ0v) is 18.3. The first-order chi connectivity index (χ1) is 16.0. The Morgan fingerprint density at radius 2 is 1.61 bits per heavy atom. The van der Waals surface area contributed by atoms with Crippen molar-refractivity contribution in [3.05, 3.63) is 95.4 Å². The van der Waals surface area contributed by atoms with Crippen LogP contribution >= 0.6 is 0 Å². The van der Waals surface area contributed by atoms with Crippen LogP contribution in [0, 0.1) is 5.82 Å². The number of carbonyl (C=O) groups is 2. The fourth-order valence-corrected chi connectivity index (χ4v) is 3.67. The van der Waals surface area contributed by atoms with Crippen molar-refractivity contribution in [3.8, 4) is 11.5 Å². The Kier molecular flexibility index (Phi) is 6.40. The first-order valence-electron chi connectivity index (χ1n) is 10.5. The van der Waals surface area contributed by atoms with Gasteiger partial charge in [0.1, 0.15) is 23.0 Å². The Morgan fingerprint density at radius 3 is 2.30 bits per heavy atom. The second kappa shape index (κ2) is 9.56. The van der Waals surface area contributed by atoms with Gasteiger partial charge in [-0.25, -0.2) is 4.39 Å². The fraction of sp³-hybridized carbons (Fsp3) is 0.154. The van der Waals surface area contributed by atoms with Gasteiger partial charge in [-0.15, -0.1) is 0 Å². The molecule has 0 radical (unpaired) electrons. The molecule has 0 unspecified atom stereocenters. The molecule has 33 heavy (non-hydrogen) atoms. The van der Waals surface area contributed by atoms with E-state index in [1.165, 1.54) is 13.2 Å². The van der Waals surface area contributed by atoms with Gasteiger partial charge in [0, 0.05) is 5.56 Å². The largest absolute Gasteiger partial charge is 0.495 e. The minimum Gasteiger partial charge on any atom is -0.495 e. The van der Waals surface area contributed by atoms with Crippen LogP contribution in [0.3, 0.4) is 0 Å². The zero-order valence-electron chi connectivity index (χ0n) is 18.3. The normalized spacial score (nSPS) is 13.5. The third-order valence-electron chi connectivity index (χ3n) is 5.27. The van der Waals surface area contributed by atoms with Gasteiger partial charge >= 0.3 is 0 Å². The highest BCUT2D eigenvalue weighted by molar-refractivity contribution is 6.36. The standard InChI is InChI=1S/C26H23FN2O4/c1-3-33-19-14-12-17(13-15-19)23-24(28-21-10-6-7-11-22(21)32-2)26(31)29(25(23)30)16-18-8-4-5-9-20(18)27/h4-15,28H,3,16H2,1-2H3. The Balaban J connectivity index is 1.76. The topological polar surface area (TPSA) is 67.9 Å². The van der Waals surface area contributed by atoms with Gasteiger partial charge in [-0.1, -0.05) is 42.5 Å². The van der Waals surface area contributed by atoms with Crippen molar-refractivity contribution in [1.29, 1.82) is 0 Å². The number of imide groups is 1. The molecule has 0 spiro atoms. The van der Waals surface area contributed by atoms with Gasteiger partial charge in [0.2, 0.25) is 0 Å². The first kappa shape index (κ1) is 22.1. The van der Waals surface area contributed by atoms with Crippen LogP contribution < -0.4 is 14.8 Å². The summed E-state index contributed by atoms with van der Waals surface area (Å²) in [5.41, 5.74) is 1.64. The van der Waals surface area contributed by atoms with Crippen LogP contribution in [0.2, 0.25) is 0 Å². The van der Waals surface area contributed by atoms with Gasteiger partial charge in [-0.05, 0) is 42.8 Å². The van der Waals surface area contributed by atoms with Crippen molar-refractivity contribution < 1.29 is 23.5 Å². The van der Waals surface area contributed by atoms with E-state index in [4.69, 9.17) is 9.47 Å². The number of rotatable bonds is 8. The third-order valence-corrected chi connectivity index (χ3v) is 5.27. The molecule has 0 saturated heterocycles. The molecular formula is C26H23FN2O4. The number of hydrogen-bond donors (Lipinski definition) is 1. The predicted octanol–water partition coefficient (Wildman–Crippen LogP) is 4.63. The number of benzene rings is 3. The van der Waals surface area contributed by atoms with Crippen LogP contribution in [0.15, 0.2) is 78.5 Å². The number of ether oxygens (including phenoxy) is 2. The summed E-state index contributed by atoms with van der Waals surface area (Å²) >= 11 is 0. The zero-order chi connectivity index (χ0) is 23.4. The number of para-hydroxylation sites is 2. The van der Waals surface area contributed by atoms with Gasteiger partial charge in [0.25, 0.3) is 11.8 Å². The molecule has 4 rings (SSSR count). The van der Waals surface area contributed by atoms with Crippen LogP contribution in [0.5, 0.6) is 11.5 Å². The van der Waals surface area contributed by atoms with E-state index in [2.05, 4.69) is 5.32 Å². The van der Waals surface area contributed by atoms with E-state index >= 15 is 0 Å². The Labute approximate surface area is 191 Å². The molecule has 6 nitrogen and oxygen atoms in total. The van der Waals surface area contributed by atoms with Crippen molar-refractivity contribution in [2.45, 2.75) is 13.5 Å². The number of amides is 2. The summed E-state index contributed by atoms with van der Waals surface area (Å²) < 4.78 is 25.1. The summed E-state index contributed by atoms with van der Waals surface area (Å²) in [6.07, 6.45) is 0. The van der Waals surface area contributed by atoms with Crippen molar-refractivity contribution in [2.75, 3.05) is 19.0 Å². The maximum atomic E-state index is 14.3. The molecule has 0 aliphatic carbocycles. The van der Waals surface area contributed by atoms with Crippen LogP contribution in [-0.4, -0.2) is 30.4 Å². The van der Waals surface area contributed by atoms with Gasteiger partial charge in [-0.3, -0.25) is 14.5 Å². The van der Waals surface area contributed by atoms with Crippen molar-refractivity contribution >= 4 is 23.1 Å². The van der Waals surface area contributed by atoms with Gasteiger partial charge < -0.3 is 14.8 Å². The van der Waals surface area contributed by atoms with E-state index in [-0.39, 0.29) is 23.4 Å². The minimum absolute atomic E-state index is 0.102. The molecule has 7 heteroatoms. The highest BCUT2D eigenvalue weighted by Crippen LogP contribution is 2.34. The molecular weight excluding hydrogens is 423 g/mol. The molecule has 0 atom stereocenters. The van der Waals surface area contributed by atoms with Crippen molar-refractivity contribution in [3.63, 3.8) is 0 Å². The van der Waals surface area contributed by atoms with E-state index in [1.807, 2.05) is 6.92 Å². The molecule has 0 bridgehead atoms. The maximum Gasteiger partial charge on any atom is 0.278 e. The lowest BCUT2D eigenvalue weighted by atomic mass is 10.0. The number of methoxy groups -OCH3 is 1. The fourth-order valence-electron chi connectivity index (χ4n) is 3.67. The van der Waals surface area contributed by atoms with Gasteiger partial charge in [0.05, 0.1) is 31.5 Å². The summed E-state index contributed by atoms with van der Waals surface area (Å²) in [5.74, 6) is -0.361. The molecule has 2 amide bonds. The number of anilines is 1. The average molecular weight is 446 g/mol.